The average Bonchev–Trinajstić information content (AvgIpc) is 3.63. The number of amides is 1. The molecule has 0 unspecified atom stereocenters. The summed E-state index contributed by atoms with van der Waals surface area (Å²) in [6, 6.07) is 9.34. The zero-order valence-corrected chi connectivity index (χ0v) is 19.6. The van der Waals surface area contributed by atoms with Crippen molar-refractivity contribution in [1.82, 2.24) is 14.5 Å². The van der Waals surface area contributed by atoms with E-state index in [1.54, 1.807) is 18.2 Å². The lowest BCUT2D eigenvalue weighted by atomic mass is 10.1. The first kappa shape index (κ1) is 22.9. The first-order chi connectivity index (χ1) is 16.4. The summed E-state index contributed by atoms with van der Waals surface area (Å²) < 4.78 is 38.2. The number of aromatic nitrogens is 2. The topological polar surface area (TPSA) is 85.7 Å². The number of alkyl halides is 2. The van der Waals surface area contributed by atoms with Gasteiger partial charge in [0.05, 0.1) is 35.5 Å². The molecule has 5 rings (SSSR count). The first-order valence-corrected chi connectivity index (χ1v) is 11.6. The van der Waals surface area contributed by atoms with Crippen molar-refractivity contribution < 1.29 is 23.0 Å². The van der Waals surface area contributed by atoms with E-state index in [0.717, 1.165) is 4.47 Å². The minimum absolute atomic E-state index is 0.0603. The third-order valence-electron chi connectivity index (χ3n) is 6.19. The fraction of sp³-hybridized carbons (Fsp3) is 0.348. The number of anilines is 1. The number of carbonyl (C=O) groups excluding carboxylic acids is 1. The van der Waals surface area contributed by atoms with Crippen molar-refractivity contribution in [2.45, 2.75) is 25.0 Å². The number of halogens is 3. The van der Waals surface area contributed by atoms with E-state index < -0.39 is 12.2 Å². The average molecular weight is 535 g/mol. The van der Waals surface area contributed by atoms with Crippen molar-refractivity contribution >= 4 is 38.4 Å². The minimum Gasteiger partial charge on any atom is -0.433 e. The molecule has 2 aromatic carbocycles. The number of morpholine rings is 1. The van der Waals surface area contributed by atoms with Crippen LogP contribution in [-0.2, 0) is 9.53 Å². The second kappa shape index (κ2) is 9.05. The molecule has 0 bridgehead atoms. The number of ether oxygens (including phenoxy) is 2. The van der Waals surface area contributed by atoms with E-state index >= 15 is 0 Å². The van der Waals surface area contributed by atoms with E-state index in [0.29, 0.717) is 55.7 Å². The molecule has 0 radical (unpaired) electrons. The largest absolute Gasteiger partial charge is 0.433 e. The van der Waals surface area contributed by atoms with E-state index in [-0.39, 0.29) is 22.9 Å². The van der Waals surface area contributed by atoms with Crippen LogP contribution in [0, 0.1) is 0 Å². The fourth-order valence-electron chi connectivity index (χ4n) is 4.28. The molecule has 1 aliphatic carbocycles. The molecule has 3 aromatic rings. The van der Waals surface area contributed by atoms with Gasteiger partial charge in [-0.2, -0.15) is 8.78 Å². The first-order valence-electron chi connectivity index (χ1n) is 10.8. The molecule has 11 heteroatoms. The summed E-state index contributed by atoms with van der Waals surface area (Å²) in [5.41, 5.74) is -0.0794. The molecule has 1 aliphatic heterocycles. The molecular formula is C23H21BrF2N4O4. The number of fused-ring (bicyclic) bond motifs is 1. The van der Waals surface area contributed by atoms with Gasteiger partial charge < -0.3 is 14.8 Å². The summed E-state index contributed by atoms with van der Waals surface area (Å²) in [5, 5.41) is 3.17. The predicted octanol–water partition coefficient (Wildman–Crippen LogP) is 3.55. The number of carbonyl (C=O) groups is 1. The Morgan fingerprint density at radius 3 is 2.65 bits per heavy atom. The summed E-state index contributed by atoms with van der Waals surface area (Å²) in [4.78, 5) is 32.7. The second-order valence-electron chi connectivity index (χ2n) is 8.23. The standard InChI is InChI=1S/C23H21BrF2N4O4/c24-14-1-3-16-17(11-14)27-13-30(20(16)31)15-2-4-19(34-22(25)26)18(12-15)28-21(32)23(5-6-23)29-7-9-33-10-8-29/h1-4,11-13,22H,5-10H2,(H,28,32). The van der Waals surface area contributed by atoms with Crippen LogP contribution in [0.3, 0.4) is 0 Å². The fourth-order valence-corrected chi connectivity index (χ4v) is 4.63. The number of nitrogens with one attached hydrogen (secondary N) is 1. The van der Waals surface area contributed by atoms with Gasteiger partial charge in [0.2, 0.25) is 5.91 Å². The molecule has 1 amide bonds. The van der Waals surface area contributed by atoms with Crippen LogP contribution in [0.4, 0.5) is 14.5 Å². The summed E-state index contributed by atoms with van der Waals surface area (Å²) >= 11 is 3.36. The lowest BCUT2D eigenvalue weighted by Crippen LogP contribution is -2.51. The lowest BCUT2D eigenvalue weighted by Gasteiger charge is -2.34. The minimum atomic E-state index is -3.07. The van der Waals surface area contributed by atoms with Crippen LogP contribution in [-0.4, -0.2) is 58.8 Å². The molecule has 178 valence electrons. The van der Waals surface area contributed by atoms with E-state index in [9.17, 15) is 18.4 Å². The highest BCUT2D eigenvalue weighted by molar-refractivity contribution is 9.10. The van der Waals surface area contributed by atoms with Crippen molar-refractivity contribution in [2.24, 2.45) is 0 Å². The highest BCUT2D eigenvalue weighted by Gasteiger charge is 2.54. The third kappa shape index (κ3) is 4.30. The molecule has 0 atom stereocenters. The van der Waals surface area contributed by atoms with Gasteiger partial charge in [0.25, 0.3) is 5.56 Å². The molecule has 1 saturated heterocycles. The van der Waals surface area contributed by atoms with Crippen LogP contribution in [0.1, 0.15) is 12.8 Å². The Labute approximate surface area is 201 Å². The van der Waals surface area contributed by atoms with Crippen LogP contribution in [0.15, 0.2) is 52.0 Å². The van der Waals surface area contributed by atoms with Gasteiger partial charge in [-0.3, -0.25) is 19.1 Å². The van der Waals surface area contributed by atoms with Gasteiger partial charge in [-0.1, -0.05) is 15.9 Å². The van der Waals surface area contributed by atoms with Crippen molar-refractivity contribution in [2.75, 3.05) is 31.6 Å². The van der Waals surface area contributed by atoms with Gasteiger partial charge in [0, 0.05) is 17.6 Å². The monoisotopic (exact) mass is 534 g/mol. The van der Waals surface area contributed by atoms with Crippen LogP contribution in [0.5, 0.6) is 5.75 Å². The van der Waals surface area contributed by atoms with Crippen molar-refractivity contribution in [3.05, 3.63) is 57.6 Å². The molecule has 8 nitrogen and oxygen atoms in total. The number of hydrogen-bond acceptors (Lipinski definition) is 6. The maximum atomic E-state index is 13.2. The molecule has 1 aromatic heterocycles. The molecule has 2 aliphatic rings. The number of benzene rings is 2. The Balaban J connectivity index is 1.50. The Kier molecular flexibility index (Phi) is 6.09. The molecule has 2 fully saturated rings. The molecule has 1 N–H and O–H groups in total. The SMILES string of the molecule is O=C(Nc1cc(-n2cnc3cc(Br)ccc3c2=O)ccc1OC(F)F)C1(N2CCOCC2)CC1. The molecule has 0 spiro atoms. The van der Waals surface area contributed by atoms with E-state index in [4.69, 9.17) is 4.74 Å². The Bertz CT molecular complexity index is 1310. The van der Waals surface area contributed by atoms with E-state index in [1.807, 2.05) is 0 Å². The Morgan fingerprint density at radius 2 is 1.94 bits per heavy atom. The molecule has 34 heavy (non-hydrogen) atoms. The summed E-state index contributed by atoms with van der Waals surface area (Å²) in [7, 11) is 0. The quantitative estimate of drug-likeness (QED) is 0.520. The van der Waals surface area contributed by atoms with Gasteiger partial charge in [0.15, 0.2) is 0 Å². The second-order valence-corrected chi connectivity index (χ2v) is 9.14. The Hall–Kier alpha value is -2.89. The van der Waals surface area contributed by atoms with Gasteiger partial charge in [0.1, 0.15) is 17.6 Å². The van der Waals surface area contributed by atoms with Crippen LogP contribution < -0.4 is 15.6 Å². The van der Waals surface area contributed by atoms with E-state index in [2.05, 4.69) is 35.9 Å². The van der Waals surface area contributed by atoms with Crippen molar-refractivity contribution in [3.8, 4) is 11.4 Å². The highest BCUT2D eigenvalue weighted by Crippen LogP contribution is 2.43. The lowest BCUT2D eigenvalue weighted by molar-refractivity contribution is -0.124. The summed E-state index contributed by atoms with van der Waals surface area (Å²) in [5.74, 6) is -0.477. The van der Waals surface area contributed by atoms with Crippen LogP contribution in [0.2, 0.25) is 0 Å². The molecule has 1 saturated carbocycles. The van der Waals surface area contributed by atoms with E-state index in [1.165, 1.54) is 29.1 Å². The number of rotatable bonds is 6. The third-order valence-corrected chi connectivity index (χ3v) is 6.68. The van der Waals surface area contributed by atoms with Gasteiger partial charge in [-0.15, -0.1) is 0 Å². The van der Waals surface area contributed by atoms with Crippen LogP contribution in [0.25, 0.3) is 16.6 Å². The maximum absolute atomic E-state index is 13.2. The molecular weight excluding hydrogens is 514 g/mol. The molecule has 2 heterocycles. The summed E-state index contributed by atoms with van der Waals surface area (Å²) in [6.45, 7) is -0.735. The predicted molar refractivity (Wildman–Crippen MR) is 125 cm³/mol. The summed E-state index contributed by atoms with van der Waals surface area (Å²) in [6.07, 6.45) is 2.71. The maximum Gasteiger partial charge on any atom is 0.387 e. The zero-order valence-electron chi connectivity index (χ0n) is 18.0. The van der Waals surface area contributed by atoms with Gasteiger partial charge in [-0.05, 0) is 49.2 Å². The zero-order chi connectivity index (χ0) is 23.9. The van der Waals surface area contributed by atoms with Gasteiger partial charge in [-0.25, -0.2) is 4.98 Å². The normalized spacial score (nSPS) is 17.6. The highest BCUT2D eigenvalue weighted by atomic mass is 79.9. The smallest absolute Gasteiger partial charge is 0.387 e. The Morgan fingerprint density at radius 1 is 1.18 bits per heavy atom. The van der Waals surface area contributed by atoms with Gasteiger partial charge >= 0.3 is 6.61 Å². The van der Waals surface area contributed by atoms with Crippen molar-refractivity contribution in [1.29, 1.82) is 0 Å². The number of nitrogens with zero attached hydrogens (tertiary/aromatic N) is 3. The van der Waals surface area contributed by atoms with Crippen molar-refractivity contribution in [3.63, 3.8) is 0 Å². The van der Waals surface area contributed by atoms with Crippen LogP contribution >= 0.6 is 15.9 Å². The number of hydrogen-bond donors (Lipinski definition) is 1.